The molecule has 0 bridgehead atoms. The van der Waals surface area contributed by atoms with E-state index in [0.717, 1.165) is 5.56 Å². The number of piperazine rings is 1. The second-order valence-electron chi connectivity index (χ2n) is 9.65. The van der Waals surface area contributed by atoms with Crippen LogP contribution in [0.4, 0.5) is 14.5 Å². The van der Waals surface area contributed by atoms with Crippen molar-refractivity contribution in [3.8, 4) is 0 Å². The topological polar surface area (TPSA) is 97.9 Å². The van der Waals surface area contributed by atoms with E-state index in [-0.39, 0.29) is 18.0 Å². The van der Waals surface area contributed by atoms with Gasteiger partial charge in [0.15, 0.2) is 0 Å². The number of hydrogen-bond acceptors (Lipinski definition) is 6. The second-order valence-corrected chi connectivity index (χ2v) is 9.65. The van der Waals surface area contributed by atoms with Crippen LogP contribution in [0.1, 0.15) is 31.8 Å². The van der Waals surface area contributed by atoms with Crippen molar-refractivity contribution in [3.63, 3.8) is 0 Å². The molecule has 0 saturated carbocycles. The lowest BCUT2D eigenvalue weighted by Crippen LogP contribution is -2.49. The standard InChI is InChI=1S/C30H28F2N4O4/c1-19-2-11-25-24(16-19)27(34-12-14-35(15-13-34)28(37)21-5-9-23(32)10-6-21)26(30(39)40-18-33)29(38)36(25)17-20-3-7-22(31)8-4-20/h2-11,16H,12-15,17-18,33H2,1H3. The van der Waals surface area contributed by atoms with Crippen LogP contribution in [0.3, 0.4) is 0 Å². The third kappa shape index (κ3) is 5.30. The lowest BCUT2D eigenvalue weighted by Gasteiger charge is -2.37. The van der Waals surface area contributed by atoms with E-state index in [1.807, 2.05) is 30.0 Å². The number of nitrogens with two attached hydrogens (primary N) is 1. The maximum atomic E-state index is 13.9. The summed E-state index contributed by atoms with van der Waals surface area (Å²) >= 11 is 0. The van der Waals surface area contributed by atoms with Gasteiger partial charge in [-0.25, -0.2) is 13.6 Å². The molecule has 5 rings (SSSR count). The Morgan fingerprint density at radius 1 is 0.900 bits per heavy atom. The van der Waals surface area contributed by atoms with Gasteiger partial charge < -0.3 is 19.1 Å². The zero-order chi connectivity index (χ0) is 28.4. The number of aromatic nitrogens is 1. The summed E-state index contributed by atoms with van der Waals surface area (Å²) in [5, 5.41) is 0.670. The fraction of sp³-hybridized carbons (Fsp3) is 0.233. The van der Waals surface area contributed by atoms with Crippen LogP contribution >= 0.6 is 0 Å². The predicted molar refractivity (Wildman–Crippen MR) is 147 cm³/mol. The number of carbonyl (C=O) groups is 2. The number of aryl methyl sites for hydroxylation is 1. The minimum Gasteiger partial charge on any atom is -0.446 e. The highest BCUT2D eigenvalue weighted by Crippen LogP contribution is 2.32. The molecular formula is C30H28F2N4O4. The third-order valence-electron chi connectivity index (χ3n) is 7.04. The van der Waals surface area contributed by atoms with Gasteiger partial charge in [-0.2, -0.15) is 0 Å². The van der Waals surface area contributed by atoms with Gasteiger partial charge in [-0.1, -0.05) is 23.8 Å². The Kier molecular flexibility index (Phi) is 7.61. The Labute approximate surface area is 229 Å². The van der Waals surface area contributed by atoms with Gasteiger partial charge in [0.25, 0.3) is 11.5 Å². The quantitative estimate of drug-likeness (QED) is 0.293. The Morgan fingerprint density at radius 3 is 2.15 bits per heavy atom. The zero-order valence-corrected chi connectivity index (χ0v) is 21.9. The first-order chi connectivity index (χ1) is 19.3. The van der Waals surface area contributed by atoms with Crippen molar-refractivity contribution >= 4 is 28.5 Å². The molecule has 4 aromatic rings. The van der Waals surface area contributed by atoms with Crippen LogP contribution in [-0.2, 0) is 11.3 Å². The molecule has 1 saturated heterocycles. The fourth-order valence-corrected chi connectivity index (χ4v) is 5.05. The summed E-state index contributed by atoms with van der Waals surface area (Å²) in [6.45, 7) is 2.97. The predicted octanol–water partition coefficient (Wildman–Crippen LogP) is 3.67. The van der Waals surface area contributed by atoms with Crippen molar-refractivity contribution in [2.45, 2.75) is 13.5 Å². The fourth-order valence-electron chi connectivity index (χ4n) is 5.05. The minimum absolute atomic E-state index is 0.113. The lowest BCUT2D eigenvalue weighted by atomic mass is 10.0. The first-order valence-corrected chi connectivity index (χ1v) is 12.9. The molecule has 1 aromatic heterocycles. The smallest absolute Gasteiger partial charge is 0.347 e. The van der Waals surface area contributed by atoms with E-state index in [9.17, 15) is 23.2 Å². The number of rotatable bonds is 6. The summed E-state index contributed by atoms with van der Waals surface area (Å²) in [7, 11) is 0. The Bertz CT molecular complexity index is 1630. The van der Waals surface area contributed by atoms with Gasteiger partial charge >= 0.3 is 5.97 Å². The van der Waals surface area contributed by atoms with Crippen molar-refractivity contribution in [2.75, 3.05) is 37.8 Å². The number of halogens is 2. The number of benzene rings is 3. The third-order valence-corrected chi connectivity index (χ3v) is 7.04. The van der Waals surface area contributed by atoms with Crippen LogP contribution in [0.25, 0.3) is 10.9 Å². The van der Waals surface area contributed by atoms with Crippen molar-refractivity contribution in [1.29, 1.82) is 0 Å². The number of carbonyl (C=O) groups excluding carboxylic acids is 2. The first-order valence-electron chi connectivity index (χ1n) is 12.9. The van der Waals surface area contributed by atoms with Crippen molar-refractivity contribution in [2.24, 2.45) is 5.73 Å². The SMILES string of the molecule is Cc1ccc2c(c1)c(N1CCN(C(=O)c3ccc(F)cc3)CC1)c(C(=O)OCN)c(=O)n2Cc1ccc(F)cc1. The summed E-state index contributed by atoms with van der Waals surface area (Å²) in [6, 6.07) is 16.8. The van der Waals surface area contributed by atoms with Crippen LogP contribution in [0.5, 0.6) is 0 Å². The van der Waals surface area contributed by atoms with Crippen molar-refractivity contribution < 1.29 is 23.1 Å². The first kappa shape index (κ1) is 27.0. The molecule has 3 aromatic carbocycles. The van der Waals surface area contributed by atoms with Gasteiger partial charge in [-0.15, -0.1) is 0 Å². The van der Waals surface area contributed by atoms with Crippen LogP contribution in [0.15, 0.2) is 71.5 Å². The largest absolute Gasteiger partial charge is 0.446 e. The Hall–Kier alpha value is -4.57. The molecule has 1 amide bonds. The molecule has 1 aliphatic rings. The normalized spacial score (nSPS) is 13.5. The van der Waals surface area contributed by atoms with Crippen molar-refractivity contribution in [1.82, 2.24) is 9.47 Å². The summed E-state index contributed by atoms with van der Waals surface area (Å²) in [4.78, 5) is 43.7. The molecule has 0 radical (unpaired) electrons. The van der Waals surface area contributed by atoms with Crippen LogP contribution in [-0.4, -0.2) is 54.3 Å². The molecule has 0 spiro atoms. The molecule has 206 valence electrons. The molecule has 0 atom stereocenters. The van der Waals surface area contributed by atoms with Gasteiger partial charge in [0, 0.05) is 37.1 Å². The number of amides is 1. The number of pyridine rings is 1. The second kappa shape index (κ2) is 11.3. The molecule has 1 fully saturated rings. The molecular weight excluding hydrogens is 518 g/mol. The van der Waals surface area contributed by atoms with Crippen LogP contribution in [0.2, 0.25) is 0 Å². The molecule has 0 aliphatic carbocycles. The highest BCUT2D eigenvalue weighted by atomic mass is 19.1. The zero-order valence-electron chi connectivity index (χ0n) is 21.9. The molecule has 40 heavy (non-hydrogen) atoms. The van der Waals surface area contributed by atoms with Gasteiger partial charge in [0.05, 0.1) is 17.7 Å². The summed E-state index contributed by atoms with van der Waals surface area (Å²) < 4.78 is 33.4. The van der Waals surface area contributed by atoms with Crippen LogP contribution in [0, 0.1) is 18.6 Å². The lowest BCUT2D eigenvalue weighted by molar-refractivity contribution is 0.0512. The van der Waals surface area contributed by atoms with Crippen molar-refractivity contribution in [3.05, 3.63) is 111 Å². The van der Waals surface area contributed by atoms with Crippen LogP contribution < -0.4 is 16.2 Å². The van der Waals surface area contributed by atoms with E-state index in [2.05, 4.69) is 0 Å². The summed E-state index contributed by atoms with van der Waals surface area (Å²) in [5.41, 5.74) is 7.81. The molecule has 2 N–H and O–H groups in total. The van der Waals surface area contributed by atoms with E-state index in [0.29, 0.717) is 53.9 Å². The van der Waals surface area contributed by atoms with Gasteiger partial charge in [0.1, 0.15) is 23.9 Å². The highest BCUT2D eigenvalue weighted by Gasteiger charge is 2.30. The summed E-state index contributed by atoms with van der Waals surface area (Å²) in [6.07, 6.45) is 0. The average Bonchev–Trinajstić information content (AvgIpc) is 2.95. The average molecular weight is 547 g/mol. The number of hydrogen-bond donors (Lipinski definition) is 1. The molecule has 10 heteroatoms. The van der Waals surface area contributed by atoms with Gasteiger partial charge in [-0.3, -0.25) is 15.3 Å². The van der Waals surface area contributed by atoms with E-state index in [1.165, 1.54) is 41.0 Å². The minimum atomic E-state index is -0.844. The number of anilines is 1. The highest BCUT2D eigenvalue weighted by molar-refractivity contribution is 6.06. The molecule has 2 heterocycles. The van der Waals surface area contributed by atoms with E-state index in [4.69, 9.17) is 10.5 Å². The van der Waals surface area contributed by atoms with Gasteiger partial charge in [0.2, 0.25) is 0 Å². The number of ether oxygens (including phenoxy) is 1. The monoisotopic (exact) mass is 546 g/mol. The van der Waals surface area contributed by atoms with E-state index >= 15 is 0 Å². The molecule has 0 unspecified atom stereocenters. The number of esters is 1. The Morgan fingerprint density at radius 2 is 1.52 bits per heavy atom. The summed E-state index contributed by atoms with van der Waals surface area (Å²) in [5.74, 6) is -1.88. The van der Waals surface area contributed by atoms with E-state index < -0.39 is 29.9 Å². The van der Waals surface area contributed by atoms with E-state index in [1.54, 1.807) is 17.0 Å². The molecule has 8 nitrogen and oxygen atoms in total. The maximum Gasteiger partial charge on any atom is 0.347 e. The number of fused-ring (bicyclic) bond motifs is 1. The molecule has 1 aliphatic heterocycles. The number of nitrogens with zero attached hydrogens (tertiary/aromatic N) is 3. The Balaban J connectivity index is 1.57. The maximum absolute atomic E-state index is 13.9. The van der Waals surface area contributed by atoms with Gasteiger partial charge in [-0.05, 0) is 61.0 Å².